The fourth-order valence-corrected chi connectivity index (χ4v) is 2.42. The number of aryl methyl sites for hydroxylation is 1. The van der Waals surface area contributed by atoms with Crippen LogP contribution in [0, 0.1) is 6.92 Å². The second kappa shape index (κ2) is 8.51. The topological polar surface area (TPSA) is 74.5 Å². The highest BCUT2D eigenvalue weighted by molar-refractivity contribution is 6.31. The maximum absolute atomic E-state index is 11.8. The molecule has 0 radical (unpaired) electrons. The van der Waals surface area contributed by atoms with Crippen LogP contribution in [0.5, 0.6) is 5.75 Å². The second-order valence-corrected chi connectivity index (χ2v) is 6.10. The van der Waals surface area contributed by atoms with E-state index in [4.69, 9.17) is 25.6 Å². The van der Waals surface area contributed by atoms with E-state index in [0.29, 0.717) is 10.8 Å². The molecule has 0 fully saturated rings. The summed E-state index contributed by atoms with van der Waals surface area (Å²) in [5.74, 6) is 0.837. The van der Waals surface area contributed by atoms with E-state index >= 15 is 0 Å². The summed E-state index contributed by atoms with van der Waals surface area (Å²) in [7, 11) is 1.59. The Labute approximate surface area is 161 Å². The van der Waals surface area contributed by atoms with Gasteiger partial charge in [-0.2, -0.15) is 4.98 Å². The van der Waals surface area contributed by atoms with E-state index in [1.165, 1.54) is 6.08 Å². The zero-order valence-electron chi connectivity index (χ0n) is 14.8. The number of halogens is 1. The van der Waals surface area contributed by atoms with Gasteiger partial charge in [0.1, 0.15) is 5.75 Å². The van der Waals surface area contributed by atoms with Crippen LogP contribution in [0.25, 0.3) is 17.5 Å². The lowest BCUT2D eigenvalue weighted by atomic mass is 10.1. The lowest BCUT2D eigenvalue weighted by Gasteiger charge is -2.00. The van der Waals surface area contributed by atoms with Crippen LogP contribution in [0.1, 0.15) is 17.0 Å². The number of esters is 1. The van der Waals surface area contributed by atoms with Gasteiger partial charge in [-0.05, 0) is 54.5 Å². The number of methoxy groups -OCH3 is 1. The van der Waals surface area contributed by atoms with Gasteiger partial charge in [-0.1, -0.05) is 28.9 Å². The summed E-state index contributed by atoms with van der Waals surface area (Å²) in [5, 5.41) is 4.52. The SMILES string of the molecule is COc1ccc(-c2noc(COC(=O)/C=C/c3ccc(C)c(Cl)c3)n2)cc1. The quantitative estimate of drug-likeness (QED) is 0.461. The van der Waals surface area contributed by atoms with E-state index in [2.05, 4.69) is 10.1 Å². The Bertz CT molecular complexity index is 964. The molecular formula is C20H17ClN2O4. The van der Waals surface area contributed by atoms with Crippen molar-refractivity contribution in [2.24, 2.45) is 0 Å². The van der Waals surface area contributed by atoms with Crippen LogP contribution in [-0.4, -0.2) is 23.2 Å². The molecule has 0 N–H and O–H groups in total. The summed E-state index contributed by atoms with van der Waals surface area (Å²) < 4.78 is 15.3. The predicted molar refractivity (Wildman–Crippen MR) is 101 cm³/mol. The lowest BCUT2D eigenvalue weighted by molar-refractivity contribution is -0.139. The maximum atomic E-state index is 11.8. The van der Waals surface area contributed by atoms with Crippen LogP contribution in [0.15, 0.2) is 53.1 Å². The van der Waals surface area contributed by atoms with Crippen LogP contribution >= 0.6 is 11.6 Å². The molecule has 1 heterocycles. The maximum Gasteiger partial charge on any atom is 0.331 e. The Hall–Kier alpha value is -3.12. The average molecular weight is 385 g/mol. The van der Waals surface area contributed by atoms with E-state index in [0.717, 1.165) is 22.4 Å². The van der Waals surface area contributed by atoms with Gasteiger partial charge in [0.05, 0.1) is 7.11 Å². The van der Waals surface area contributed by atoms with Gasteiger partial charge in [-0.25, -0.2) is 4.79 Å². The highest BCUT2D eigenvalue weighted by Crippen LogP contribution is 2.20. The zero-order valence-corrected chi connectivity index (χ0v) is 15.6. The number of aromatic nitrogens is 2. The van der Waals surface area contributed by atoms with Crippen LogP contribution in [0.3, 0.4) is 0 Å². The molecule has 0 saturated carbocycles. The third-order valence-electron chi connectivity index (χ3n) is 3.76. The Morgan fingerprint density at radius 3 is 2.70 bits per heavy atom. The molecule has 7 heteroatoms. The molecule has 0 amide bonds. The first-order chi connectivity index (χ1) is 13.0. The largest absolute Gasteiger partial charge is 0.497 e. The predicted octanol–water partition coefficient (Wildman–Crippen LogP) is 4.46. The second-order valence-electron chi connectivity index (χ2n) is 5.69. The number of hydrogen-bond acceptors (Lipinski definition) is 6. The van der Waals surface area contributed by atoms with Gasteiger partial charge in [0.15, 0.2) is 6.61 Å². The molecule has 27 heavy (non-hydrogen) atoms. The van der Waals surface area contributed by atoms with Crippen molar-refractivity contribution in [3.8, 4) is 17.1 Å². The smallest absolute Gasteiger partial charge is 0.331 e. The molecular weight excluding hydrogens is 368 g/mol. The number of rotatable bonds is 6. The van der Waals surface area contributed by atoms with Crippen molar-refractivity contribution in [1.82, 2.24) is 10.1 Å². The van der Waals surface area contributed by atoms with Crippen molar-refractivity contribution in [2.75, 3.05) is 7.11 Å². The molecule has 3 rings (SSSR count). The first kappa shape index (κ1) is 18.7. The van der Waals surface area contributed by atoms with Crippen LogP contribution in [0.4, 0.5) is 0 Å². The number of benzene rings is 2. The molecule has 6 nitrogen and oxygen atoms in total. The molecule has 0 aliphatic carbocycles. The molecule has 0 saturated heterocycles. The molecule has 1 aromatic heterocycles. The van der Waals surface area contributed by atoms with E-state index < -0.39 is 5.97 Å². The van der Waals surface area contributed by atoms with Crippen molar-refractivity contribution >= 4 is 23.6 Å². The van der Waals surface area contributed by atoms with Gasteiger partial charge in [0.25, 0.3) is 5.89 Å². The molecule has 0 aliphatic rings. The Morgan fingerprint density at radius 2 is 2.00 bits per heavy atom. The van der Waals surface area contributed by atoms with E-state index in [-0.39, 0.29) is 12.5 Å². The van der Waals surface area contributed by atoms with E-state index in [9.17, 15) is 4.79 Å². The number of ether oxygens (including phenoxy) is 2. The molecule has 0 spiro atoms. The van der Waals surface area contributed by atoms with Crippen LogP contribution < -0.4 is 4.74 Å². The minimum atomic E-state index is -0.518. The normalized spacial score (nSPS) is 10.9. The standard InChI is InChI=1S/C20H17ClN2O4/c1-13-3-4-14(11-17(13)21)5-10-19(24)26-12-18-22-20(23-27-18)15-6-8-16(25-2)9-7-15/h3-11H,12H2,1-2H3/b10-5+. The summed E-state index contributed by atoms with van der Waals surface area (Å²) in [6.07, 6.45) is 2.95. The minimum Gasteiger partial charge on any atom is -0.497 e. The van der Waals surface area contributed by atoms with Gasteiger partial charge in [0.2, 0.25) is 5.82 Å². The summed E-state index contributed by atoms with van der Waals surface area (Å²) in [6, 6.07) is 12.8. The first-order valence-electron chi connectivity index (χ1n) is 8.13. The molecule has 0 bridgehead atoms. The number of carbonyl (C=O) groups is 1. The molecule has 2 aromatic carbocycles. The Morgan fingerprint density at radius 1 is 1.22 bits per heavy atom. The van der Waals surface area contributed by atoms with Gasteiger partial charge < -0.3 is 14.0 Å². The fourth-order valence-electron chi connectivity index (χ4n) is 2.23. The van der Waals surface area contributed by atoms with E-state index in [1.54, 1.807) is 31.4 Å². The number of nitrogens with zero attached hydrogens (tertiary/aromatic N) is 2. The third-order valence-corrected chi connectivity index (χ3v) is 4.17. The molecule has 138 valence electrons. The van der Waals surface area contributed by atoms with E-state index in [1.807, 2.05) is 31.2 Å². The number of hydrogen-bond donors (Lipinski definition) is 0. The van der Waals surface area contributed by atoms with Crippen LogP contribution in [0.2, 0.25) is 5.02 Å². The number of carbonyl (C=O) groups excluding carboxylic acids is 1. The summed E-state index contributed by atoms with van der Waals surface area (Å²) in [6.45, 7) is 1.80. The lowest BCUT2D eigenvalue weighted by Crippen LogP contribution is -2.01. The molecule has 0 atom stereocenters. The summed E-state index contributed by atoms with van der Waals surface area (Å²) in [4.78, 5) is 16.1. The molecule has 0 unspecified atom stereocenters. The van der Waals surface area contributed by atoms with Crippen molar-refractivity contribution in [1.29, 1.82) is 0 Å². The summed E-state index contributed by atoms with van der Waals surface area (Å²) in [5.41, 5.74) is 2.55. The van der Waals surface area contributed by atoms with Gasteiger partial charge in [0, 0.05) is 16.7 Å². The van der Waals surface area contributed by atoms with Crippen molar-refractivity contribution in [3.63, 3.8) is 0 Å². The molecule has 3 aromatic rings. The van der Waals surface area contributed by atoms with Crippen molar-refractivity contribution in [3.05, 3.63) is 70.6 Å². The average Bonchev–Trinajstić information content (AvgIpc) is 3.16. The fraction of sp³-hybridized carbons (Fsp3) is 0.150. The highest BCUT2D eigenvalue weighted by Gasteiger charge is 2.10. The van der Waals surface area contributed by atoms with Gasteiger partial charge in [-0.3, -0.25) is 0 Å². The Balaban J connectivity index is 1.56. The third kappa shape index (κ3) is 4.95. The first-order valence-corrected chi connectivity index (χ1v) is 8.51. The van der Waals surface area contributed by atoms with Gasteiger partial charge in [-0.15, -0.1) is 0 Å². The monoisotopic (exact) mass is 384 g/mol. The van der Waals surface area contributed by atoms with Gasteiger partial charge >= 0.3 is 5.97 Å². The van der Waals surface area contributed by atoms with Crippen molar-refractivity contribution < 1.29 is 18.8 Å². The highest BCUT2D eigenvalue weighted by atomic mass is 35.5. The Kier molecular flexibility index (Phi) is 5.88. The van der Waals surface area contributed by atoms with Crippen molar-refractivity contribution in [2.45, 2.75) is 13.5 Å². The summed E-state index contributed by atoms with van der Waals surface area (Å²) >= 11 is 6.06. The molecule has 0 aliphatic heterocycles. The minimum absolute atomic E-state index is 0.110. The zero-order chi connectivity index (χ0) is 19.2. The van der Waals surface area contributed by atoms with Crippen LogP contribution in [-0.2, 0) is 16.1 Å².